The van der Waals surface area contributed by atoms with E-state index in [1.165, 1.54) is 0 Å². The van der Waals surface area contributed by atoms with Gasteiger partial charge in [0.2, 0.25) is 0 Å². The number of halogens is 1. The quantitative estimate of drug-likeness (QED) is 0.431. The largest absolute Gasteiger partial charge is 0.308 e. The van der Waals surface area contributed by atoms with Crippen LogP contribution in [-0.2, 0) is 13.0 Å². The summed E-state index contributed by atoms with van der Waals surface area (Å²) in [4.78, 5) is 25.9. The van der Waals surface area contributed by atoms with Crippen molar-refractivity contribution >= 4 is 28.3 Å². The highest BCUT2D eigenvalue weighted by atomic mass is 35.5. The van der Waals surface area contributed by atoms with Gasteiger partial charge in [-0.25, -0.2) is 0 Å². The molecular weight excluding hydrogens is 382 g/mol. The Labute approximate surface area is 173 Å². The molecule has 0 spiro atoms. The molecule has 142 valence electrons. The summed E-state index contributed by atoms with van der Waals surface area (Å²) in [6.45, 7) is 2.64. The molecular formula is C25H18ClNO2. The van der Waals surface area contributed by atoms with Gasteiger partial charge in [0.1, 0.15) is 0 Å². The van der Waals surface area contributed by atoms with E-state index in [1.54, 1.807) is 10.6 Å². The molecule has 0 bridgehead atoms. The summed E-state index contributed by atoms with van der Waals surface area (Å²) < 4.78 is 1.80. The van der Waals surface area contributed by atoms with E-state index < -0.39 is 0 Å². The lowest BCUT2D eigenvalue weighted by molar-refractivity contribution is 0.103. The minimum atomic E-state index is -0.0242. The molecule has 0 amide bonds. The molecule has 0 radical (unpaired) electrons. The Morgan fingerprint density at radius 3 is 2.52 bits per heavy atom. The summed E-state index contributed by atoms with van der Waals surface area (Å²) in [5.74, 6) is -0.00940. The Morgan fingerprint density at radius 2 is 1.76 bits per heavy atom. The Morgan fingerprint density at radius 1 is 0.966 bits per heavy atom. The summed E-state index contributed by atoms with van der Waals surface area (Å²) in [7, 11) is 0. The average Bonchev–Trinajstić information content (AvgIpc) is 3.16. The number of carbonyl (C=O) groups excluding carboxylic acids is 1. The molecule has 0 aliphatic carbocycles. The average molecular weight is 400 g/mol. The molecule has 0 saturated heterocycles. The van der Waals surface area contributed by atoms with E-state index in [-0.39, 0.29) is 11.3 Å². The summed E-state index contributed by atoms with van der Waals surface area (Å²) in [5.41, 5.74) is 6.05. The fraction of sp³-hybridized carbons (Fsp3) is 0.120. The van der Waals surface area contributed by atoms with Gasteiger partial charge in [0.05, 0.1) is 5.52 Å². The number of ketones is 1. The van der Waals surface area contributed by atoms with Gasteiger partial charge in [-0.2, -0.15) is 0 Å². The van der Waals surface area contributed by atoms with Gasteiger partial charge in [-0.1, -0.05) is 53.6 Å². The molecule has 0 fully saturated rings. The van der Waals surface area contributed by atoms with Crippen LogP contribution in [0, 0.1) is 6.92 Å². The first-order valence-corrected chi connectivity index (χ1v) is 9.97. The van der Waals surface area contributed by atoms with Gasteiger partial charge in [0.15, 0.2) is 5.78 Å². The van der Waals surface area contributed by atoms with Crippen LogP contribution in [-0.4, -0.2) is 10.4 Å². The van der Waals surface area contributed by atoms with Crippen molar-refractivity contribution in [3.05, 3.63) is 104 Å². The number of pyridine rings is 1. The summed E-state index contributed by atoms with van der Waals surface area (Å²) in [6.07, 6.45) is 0.750. The van der Waals surface area contributed by atoms with Crippen LogP contribution in [0.1, 0.15) is 27.0 Å². The van der Waals surface area contributed by atoms with Crippen LogP contribution in [0.15, 0.2) is 71.5 Å². The first-order valence-electron chi connectivity index (χ1n) is 9.59. The highest BCUT2D eigenvalue weighted by Gasteiger charge is 2.22. The van der Waals surface area contributed by atoms with Gasteiger partial charge in [-0.3, -0.25) is 9.59 Å². The van der Waals surface area contributed by atoms with E-state index in [9.17, 15) is 9.59 Å². The molecule has 1 aliphatic rings. The fourth-order valence-electron chi connectivity index (χ4n) is 4.15. The molecule has 5 rings (SSSR count). The second kappa shape index (κ2) is 6.71. The molecule has 0 N–H and O–H groups in total. The number of rotatable bonds is 3. The molecule has 0 unspecified atom stereocenters. The van der Waals surface area contributed by atoms with E-state index in [4.69, 9.17) is 11.6 Å². The molecule has 1 aromatic heterocycles. The molecule has 4 aromatic rings. The SMILES string of the molecule is Cc1ccc(C(=O)c2cc3c4c(c2)c(-c2cccc(Cl)c2)cc(=O)n4CC3)cc1. The predicted molar refractivity (Wildman–Crippen MR) is 117 cm³/mol. The van der Waals surface area contributed by atoms with Crippen LogP contribution in [0.3, 0.4) is 0 Å². The van der Waals surface area contributed by atoms with Crippen LogP contribution in [0.25, 0.3) is 22.0 Å². The Balaban J connectivity index is 1.77. The summed E-state index contributed by atoms with van der Waals surface area (Å²) >= 11 is 6.20. The maximum atomic E-state index is 13.2. The van der Waals surface area contributed by atoms with E-state index in [0.717, 1.165) is 39.6 Å². The van der Waals surface area contributed by atoms with Gasteiger partial charge < -0.3 is 4.57 Å². The number of aromatic nitrogens is 1. The Hall–Kier alpha value is -3.17. The van der Waals surface area contributed by atoms with Gasteiger partial charge in [0, 0.05) is 34.1 Å². The first kappa shape index (κ1) is 17.9. The molecule has 2 heterocycles. The highest BCUT2D eigenvalue weighted by Crippen LogP contribution is 2.34. The molecule has 29 heavy (non-hydrogen) atoms. The van der Waals surface area contributed by atoms with Crippen molar-refractivity contribution in [3.8, 4) is 11.1 Å². The van der Waals surface area contributed by atoms with Crippen molar-refractivity contribution in [1.29, 1.82) is 0 Å². The lowest BCUT2D eigenvalue weighted by atomic mass is 9.94. The monoisotopic (exact) mass is 399 g/mol. The number of aryl methyl sites for hydroxylation is 3. The maximum absolute atomic E-state index is 13.2. The lowest BCUT2D eigenvalue weighted by Crippen LogP contribution is -2.17. The van der Waals surface area contributed by atoms with Gasteiger partial charge in [-0.15, -0.1) is 0 Å². The summed E-state index contributed by atoms with van der Waals surface area (Å²) in [5, 5.41) is 1.53. The first-order chi connectivity index (χ1) is 14.0. The van der Waals surface area contributed by atoms with Crippen LogP contribution in [0.5, 0.6) is 0 Å². The zero-order valence-corrected chi connectivity index (χ0v) is 16.7. The number of nitrogens with zero attached hydrogens (tertiary/aromatic N) is 1. The molecule has 0 saturated carbocycles. The van der Waals surface area contributed by atoms with E-state index >= 15 is 0 Å². The molecule has 3 aromatic carbocycles. The number of hydrogen-bond acceptors (Lipinski definition) is 2. The molecule has 4 heteroatoms. The van der Waals surface area contributed by atoms with Gasteiger partial charge in [0.25, 0.3) is 5.56 Å². The van der Waals surface area contributed by atoms with Crippen molar-refractivity contribution in [3.63, 3.8) is 0 Å². The zero-order valence-electron chi connectivity index (χ0n) is 15.9. The Bertz CT molecular complexity index is 1350. The highest BCUT2D eigenvalue weighted by molar-refractivity contribution is 6.31. The minimum absolute atomic E-state index is 0.00940. The van der Waals surface area contributed by atoms with Crippen molar-refractivity contribution < 1.29 is 4.79 Å². The van der Waals surface area contributed by atoms with Crippen LogP contribution in [0.4, 0.5) is 0 Å². The molecule has 3 nitrogen and oxygen atoms in total. The van der Waals surface area contributed by atoms with Crippen molar-refractivity contribution in [2.75, 3.05) is 0 Å². The number of benzene rings is 3. The third-order valence-electron chi connectivity index (χ3n) is 5.60. The standard InChI is InChI=1S/C25H18ClNO2/c1-15-5-7-16(8-6-15)25(29)19-11-18-9-10-27-23(28)14-21(22(13-19)24(18)27)17-3-2-4-20(26)12-17/h2-8,11-14H,9-10H2,1H3. The molecule has 0 atom stereocenters. The van der Waals surface area contributed by atoms with E-state index in [1.807, 2.05) is 67.6 Å². The van der Waals surface area contributed by atoms with Crippen LogP contribution < -0.4 is 5.56 Å². The minimum Gasteiger partial charge on any atom is -0.308 e. The second-order valence-electron chi connectivity index (χ2n) is 7.53. The fourth-order valence-corrected chi connectivity index (χ4v) is 4.34. The topological polar surface area (TPSA) is 39.1 Å². The third-order valence-corrected chi connectivity index (χ3v) is 5.83. The summed E-state index contributed by atoms with van der Waals surface area (Å²) in [6, 6.07) is 20.6. The smallest absolute Gasteiger partial charge is 0.251 e. The number of carbonyl (C=O) groups is 1. The predicted octanol–water partition coefficient (Wildman–Crippen LogP) is 5.42. The Kier molecular flexibility index (Phi) is 4.14. The molecule has 1 aliphatic heterocycles. The van der Waals surface area contributed by atoms with Gasteiger partial charge >= 0.3 is 0 Å². The third kappa shape index (κ3) is 2.99. The van der Waals surface area contributed by atoms with Crippen LogP contribution in [0.2, 0.25) is 5.02 Å². The zero-order chi connectivity index (χ0) is 20.1. The number of hydrogen-bond donors (Lipinski definition) is 0. The van der Waals surface area contributed by atoms with Gasteiger partial charge in [-0.05, 0) is 54.3 Å². The lowest BCUT2D eigenvalue weighted by Gasteiger charge is -2.12. The normalized spacial score (nSPS) is 12.5. The second-order valence-corrected chi connectivity index (χ2v) is 7.97. The van der Waals surface area contributed by atoms with Crippen LogP contribution >= 0.6 is 11.6 Å². The van der Waals surface area contributed by atoms with E-state index in [0.29, 0.717) is 22.7 Å². The van der Waals surface area contributed by atoms with Crippen molar-refractivity contribution in [2.24, 2.45) is 0 Å². The van der Waals surface area contributed by atoms with E-state index in [2.05, 4.69) is 0 Å². The van der Waals surface area contributed by atoms with Crippen molar-refractivity contribution in [2.45, 2.75) is 19.9 Å². The maximum Gasteiger partial charge on any atom is 0.251 e. The van der Waals surface area contributed by atoms with Crippen molar-refractivity contribution in [1.82, 2.24) is 4.57 Å².